The third-order valence-electron chi connectivity index (χ3n) is 5.05. The number of nitrogens with two attached hydrogens (primary N) is 1. The maximum absolute atomic E-state index is 10.5. The maximum atomic E-state index is 10.5. The van der Waals surface area contributed by atoms with E-state index in [0.717, 1.165) is 12.8 Å². The van der Waals surface area contributed by atoms with Gasteiger partial charge in [0.05, 0.1) is 12.7 Å². The molecule has 0 bridgehead atoms. The first-order chi connectivity index (χ1) is 13.3. The summed E-state index contributed by atoms with van der Waals surface area (Å²) in [4.78, 5) is 0. The Morgan fingerprint density at radius 2 is 1.54 bits per heavy atom. The monoisotopic (exact) mass is 411 g/mol. The minimum atomic E-state index is -1.60. The minimum absolute atomic E-state index is 0.271. The highest BCUT2D eigenvalue weighted by Crippen LogP contribution is 2.29. The summed E-state index contributed by atoms with van der Waals surface area (Å²) in [7, 11) is 0. The second kappa shape index (κ2) is 11.1. The van der Waals surface area contributed by atoms with Crippen LogP contribution in [0.1, 0.15) is 26.2 Å². The zero-order chi connectivity index (χ0) is 20.8. The Morgan fingerprint density at radius 1 is 0.821 bits per heavy atom. The molecular formula is C17H33NO10. The van der Waals surface area contributed by atoms with Crippen molar-refractivity contribution in [2.75, 3.05) is 19.8 Å². The molecule has 0 aliphatic carbocycles. The summed E-state index contributed by atoms with van der Waals surface area (Å²) in [5.74, 6) is 0. The lowest BCUT2D eigenvalue weighted by atomic mass is 9.97. The van der Waals surface area contributed by atoms with E-state index in [2.05, 4.69) is 0 Å². The predicted molar refractivity (Wildman–Crippen MR) is 93.8 cm³/mol. The third kappa shape index (κ3) is 5.58. The van der Waals surface area contributed by atoms with Gasteiger partial charge in [-0.15, -0.1) is 0 Å². The summed E-state index contributed by atoms with van der Waals surface area (Å²) in [5, 5.41) is 60.1. The molecule has 11 heteroatoms. The molecular weight excluding hydrogens is 378 g/mol. The van der Waals surface area contributed by atoms with Crippen molar-refractivity contribution in [1.82, 2.24) is 0 Å². The molecule has 0 aromatic carbocycles. The van der Waals surface area contributed by atoms with Gasteiger partial charge in [0.1, 0.15) is 42.7 Å². The first-order valence-electron chi connectivity index (χ1n) is 9.61. The highest BCUT2D eigenvalue weighted by Gasteiger charge is 2.50. The molecule has 2 fully saturated rings. The summed E-state index contributed by atoms with van der Waals surface area (Å²) in [6.07, 6.45) is -10.8. The fraction of sp³-hybridized carbons (Fsp3) is 1.00. The Bertz CT molecular complexity index is 458. The molecule has 0 aromatic rings. The van der Waals surface area contributed by atoms with Crippen molar-refractivity contribution in [1.29, 1.82) is 0 Å². The van der Waals surface area contributed by atoms with E-state index in [1.807, 2.05) is 0 Å². The number of hydrogen-bond donors (Lipinski definition) is 7. The predicted octanol–water partition coefficient (Wildman–Crippen LogP) is -3.22. The van der Waals surface area contributed by atoms with E-state index in [1.54, 1.807) is 0 Å². The van der Waals surface area contributed by atoms with Crippen LogP contribution >= 0.6 is 0 Å². The normalized spacial score (nSPS) is 44.6. The standard InChI is InChI=1S/C17H33NO10/c1-8-10(20)12(22)13(23)17(26-8)28-15-11(21)9(7-19)27-16(14(15)24)25-6-4-2-3-5-18/h8-17,19-24H,2-7,18H2,1H3/t8-,9+,10-,11+,12+,13+,14+,15-,16+,17-/m0/s1. The fourth-order valence-electron chi connectivity index (χ4n) is 3.25. The van der Waals surface area contributed by atoms with Gasteiger partial charge in [-0.1, -0.05) is 0 Å². The van der Waals surface area contributed by atoms with Crippen molar-refractivity contribution in [2.24, 2.45) is 5.73 Å². The zero-order valence-corrected chi connectivity index (χ0v) is 15.9. The highest BCUT2D eigenvalue weighted by atomic mass is 16.7. The average Bonchev–Trinajstić information content (AvgIpc) is 2.68. The summed E-state index contributed by atoms with van der Waals surface area (Å²) in [6.45, 7) is 1.77. The molecule has 0 saturated carbocycles. The lowest BCUT2D eigenvalue weighted by molar-refractivity contribution is -0.357. The Kier molecular flexibility index (Phi) is 9.44. The number of ether oxygens (including phenoxy) is 4. The molecule has 0 amide bonds. The molecule has 2 aliphatic rings. The van der Waals surface area contributed by atoms with Gasteiger partial charge in [-0.05, 0) is 32.7 Å². The Hall–Kier alpha value is -0.440. The van der Waals surface area contributed by atoms with Crippen LogP contribution in [0.5, 0.6) is 0 Å². The van der Waals surface area contributed by atoms with Crippen LogP contribution in [0.4, 0.5) is 0 Å². The summed E-state index contributed by atoms with van der Waals surface area (Å²) < 4.78 is 21.8. The SMILES string of the molecule is C[C@@H]1O[C@@H](O[C@@H]2[C@@H](O)[C@H](OCCCCCN)O[C@H](CO)[C@H]2O)[C@H](O)[C@H](O)[C@H]1O. The molecule has 2 aliphatic heterocycles. The Balaban J connectivity index is 2.01. The number of hydrogen-bond acceptors (Lipinski definition) is 11. The van der Waals surface area contributed by atoms with E-state index in [4.69, 9.17) is 24.7 Å². The van der Waals surface area contributed by atoms with Crippen LogP contribution < -0.4 is 5.73 Å². The van der Waals surface area contributed by atoms with Gasteiger partial charge in [-0.2, -0.15) is 0 Å². The maximum Gasteiger partial charge on any atom is 0.187 e. The van der Waals surface area contributed by atoms with E-state index in [0.29, 0.717) is 13.0 Å². The second-order valence-corrected chi connectivity index (χ2v) is 7.21. The number of rotatable bonds is 9. The van der Waals surface area contributed by atoms with Gasteiger partial charge in [-0.25, -0.2) is 0 Å². The highest BCUT2D eigenvalue weighted by molar-refractivity contribution is 4.93. The van der Waals surface area contributed by atoms with Crippen LogP contribution in [0, 0.1) is 0 Å². The van der Waals surface area contributed by atoms with E-state index in [-0.39, 0.29) is 6.61 Å². The molecule has 2 heterocycles. The minimum Gasteiger partial charge on any atom is -0.394 e. The average molecular weight is 411 g/mol. The molecule has 8 N–H and O–H groups in total. The number of aliphatic hydroxyl groups is 6. The quantitative estimate of drug-likeness (QED) is 0.189. The Morgan fingerprint density at radius 3 is 2.18 bits per heavy atom. The molecule has 0 spiro atoms. The van der Waals surface area contributed by atoms with Crippen molar-refractivity contribution in [3.63, 3.8) is 0 Å². The summed E-state index contributed by atoms with van der Waals surface area (Å²) in [5.41, 5.74) is 5.43. The van der Waals surface area contributed by atoms with Crippen LogP contribution in [0.25, 0.3) is 0 Å². The molecule has 2 rings (SSSR count). The van der Waals surface area contributed by atoms with Crippen LogP contribution in [0.2, 0.25) is 0 Å². The van der Waals surface area contributed by atoms with E-state index >= 15 is 0 Å². The number of aliphatic hydroxyl groups excluding tert-OH is 6. The zero-order valence-electron chi connectivity index (χ0n) is 15.9. The Labute approximate surface area is 163 Å². The van der Waals surface area contributed by atoms with Gasteiger partial charge in [-0.3, -0.25) is 0 Å². The molecule has 0 radical (unpaired) electrons. The molecule has 10 atom stereocenters. The first kappa shape index (κ1) is 23.8. The smallest absolute Gasteiger partial charge is 0.187 e. The van der Waals surface area contributed by atoms with Crippen molar-refractivity contribution >= 4 is 0 Å². The van der Waals surface area contributed by atoms with Gasteiger partial charge in [0.15, 0.2) is 12.6 Å². The molecule has 166 valence electrons. The molecule has 2 saturated heterocycles. The van der Waals surface area contributed by atoms with Crippen LogP contribution in [0.3, 0.4) is 0 Å². The lowest BCUT2D eigenvalue weighted by Crippen LogP contribution is -2.64. The number of unbranched alkanes of at least 4 members (excludes halogenated alkanes) is 2. The van der Waals surface area contributed by atoms with E-state index < -0.39 is 68.0 Å². The van der Waals surface area contributed by atoms with Crippen molar-refractivity contribution in [3.8, 4) is 0 Å². The molecule has 0 unspecified atom stereocenters. The van der Waals surface area contributed by atoms with Crippen LogP contribution in [0.15, 0.2) is 0 Å². The first-order valence-corrected chi connectivity index (χ1v) is 9.61. The van der Waals surface area contributed by atoms with Gasteiger partial charge in [0.2, 0.25) is 0 Å². The third-order valence-corrected chi connectivity index (χ3v) is 5.05. The van der Waals surface area contributed by atoms with Crippen molar-refractivity contribution < 1.29 is 49.6 Å². The molecule has 0 aromatic heterocycles. The summed E-state index contributed by atoms with van der Waals surface area (Å²) in [6, 6.07) is 0. The summed E-state index contributed by atoms with van der Waals surface area (Å²) >= 11 is 0. The topological polar surface area (TPSA) is 184 Å². The van der Waals surface area contributed by atoms with E-state index in [9.17, 15) is 30.6 Å². The lowest BCUT2D eigenvalue weighted by Gasteiger charge is -2.45. The van der Waals surface area contributed by atoms with Crippen LogP contribution in [-0.4, -0.2) is 112 Å². The van der Waals surface area contributed by atoms with Crippen molar-refractivity contribution in [3.05, 3.63) is 0 Å². The fourth-order valence-corrected chi connectivity index (χ4v) is 3.25. The van der Waals surface area contributed by atoms with Crippen molar-refractivity contribution in [2.45, 2.75) is 87.6 Å². The van der Waals surface area contributed by atoms with Gasteiger partial charge >= 0.3 is 0 Å². The largest absolute Gasteiger partial charge is 0.394 e. The molecule has 11 nitrogen and oxygen atoms in total. The van der Waals surface area contributed by atoms with Gasteiger partial charge in [0.25, 0.3) is 0 Å². The second-order valence-electron chi connectivity index (χ2n) is 7.21. The molecule has 28 heavy (non-hydrogen) atoms. The van der Waals surface area contributed by atoms with Crippen LogP contribution in [-0.2, 0) is 18.9 Å². The van der Waals surface area contributed by atoms with Gasteiger partial charge in [0, 0.05) is 6.61 Å². The van der Waals surface area contributed by atoms with Gasteiger partial charge < -0.3 is 55.3 Å². The van der Waals surface area contributed by atoms with E-state index in [1.165, 1.54) is 6.92 Å².